The smallest absolute Gasteiger partial charge is 0.266 e. The molecule has 1 unspecified atom stereocenters. The molecule has 0 aliphatic heterocycles. The second kappa shape index (κ2) is 5.86. The molecule has 0 amide bonds. The van der Waals surface area contributed by atoms with E-state index in [4.69, 9.17) is 11.6 Å². The first-order valence-corrected chi connectivity index (χ1v) is 7.45. The predicted octanol–water partition coefficient (Wildman–Crippen LogP) is 1.69. The molecule has 7 heteroatoms. The van der Waals surface area contributed by atoms with E-state index in [1.807, 2.05) is 13.8 Å². The van der Waals surface area contributed by atoms with Crippen LogP contribution in [0.2, 0.25) is 5.02 Å². The normalized spacial score (nSPS) is 13.8. The first-order chi connectivity index (χ1) is 8.28. The largest absolute Gasteiger partial charge is 0.326 e. The third-order valence-corrected chi connectivity index (χ3v) is 4.89. The molecule has 0 saturated carbocycles. The number of pyridine rings is 1. The van der Waals surface area contributed by atoms with Gasteiger partial charge < -0.3 is 4.98 Å². The van der Waals surface area contributed by atoms with Crippen LogP contribution in [0.3, 0.4) is 0 Å². The van der Waals surface area contributed by atoms with Crippen molar-refractivity contribution < 1.29 is 8.42 Å². The van der Waals surface area contributed by atoms with Crippen molar-refractivity contribution in [1.29, 1.82) is 0 Å². The number of aromatic amines is 1. The van der Waals surface area contributed by atoms with Crippen LogP contribution in [0.25, 0.3) is 0 Å². The van der Waals surface area contributed by atoms with E-state index in [-0.39, 0.29) is 15.8 Å². The number of halogens is 1. The molecule has 1 rings (SSSR count). The second-order valence-electron chi connectivity index (χ2n) is 4.31. The molecule has 5 nitrogen and oxygen atoms in total. The Kier molecular flexibility index (Phi) is 4.95. The molecule has 0 radical (unpaired) electrons. The molecule has 1 atom stereocenters. The van der Waals surface area contributed by atoms with Gasteiger partial charge in [0.15, 0.2) is 0 Å². The fraction of sp³-hybridized carbons (Fsp3) is 0.545. The molecule has 0 aliphatic carbocycles. The third-order valence-electron chi connectivity index (χ3n) is 2.81. The summed E-state index contributed by atoms with van der Waals surface area (Å²) in [5.41, 5.74) is -0.500. The molecule has 0 aromatic carbocycles. The van der Waals surface area contributed by atoms with Crippen LogP contribution in [0.15, 0.2) is 22.0 Å². The Labute approximate surface area is 112 Å². The van der Waals surface area contributed by atoms with E-state index in [1.54, 1.807) is 0 Å². The van der Waals surface area contributed by atoms with Crippen molar-refractivity contribution in [3.63, 3.8) is 0 Å². The van der Waals surface area contributed by atoms with E-state index < -0.39 is 15.6 Å². The SMILES string of the molecule is CCC(C)CN(C)S(=O)(=O)c1c[nH]c(=O)c(Cl)c1. The summed E-state index contributed by atoms with van der Waals surface area (Å²) < 4.78 is 25.7. The molecule has 0 fully saturated rings. The van der Waals surface area contributed by atoms with E-state index in [0.717, 1.165) is 12.6 Å². The van der Waals surface area contributed by atoms with Gasteiger partial charge in [-0.1, -0.05) is 31.9 Å². The molecule has 1 aromatic heterocycles. The highest BCUT2D eigenvalue weighted by Crippen LogP contribution is 2.17. The zero-order chi connectivity index (χ0) is 13.9. The molecule has 1 N–H and O–H groups in total. The van der Waals surface area contributed by atoms with Crippen LogP contribution in [-0.4, -0.2) is 31.3 Å². The summed E-state index contributed by atoms with van der Waals surface area (Å²) in [5.74, 6) is 0.267. The van der Waals surface area contributed by atoms with Crippen molar-refractivity contribution in [1.82, 2.24) is 9.29 Å². The Morgan fingerprint density at radius 2 is 2.11 bits per heavy atom. The molecule has 0 bridgehead atoms. The van der Waals surface area contributed by atoms with E-state index in [2.05, 4.69) is 4.98 Å². The Bertz CT molecular complexity index is 568. The number of H-pyrrole nitrogens is 1. The first kappa shape index (κ1) is 15.2. The van der Waals surface area contributed by atoms with Gasteiger partial charge in [-0.2, -0.15) is 0 Å². The van der Waals surface area contributed by atoms with E-state index in [1.165, 1.54) is 17.4 Å². The van der Waals surface area contributed by atoms with Gasteiger partial charge in [-0.25, -0.2) is 12.7 Å². The van der Waals surface area contributed by atoms with Crippen molar-refractivity contribution in [3.05, 3.63) is 27.6 Å². The monoisotopic (exact) mass is 292 g/mol. The van der Waals surface area contributed by atoms with E-state index in [0.29, 0.717) is 6.54 Å². The number of rotatable bonds is 5. The van der Waals surface area contributed by atoms with Crippen molar-refractivity contribution in [2.24, 2.45) is 5.92 Å². The van der Waals surface area contributed by atoms with Crippen LogP contribution in [0.4, 0.5) is 0 Å². The second-order valence-corrected chi connectivity index (χ2v) is 6.76. The Morgan fingerprint density at radius 1 is 1.50 bits per heavy atom. The first-order valence-electron chi connectivity index (χ1n) is 5.63. The van der Waals surface area contributed by atoms with Crippen molar-refractivity contribution >= 4 is 21.6 Å². The van der Waals surface area contributed by atoms with Gasteiger partial charge in [0, 0.05) is 19.8 Å². The molecular weight excluding hydrogens is 276 g/mol. The molecule has 0 spiro atoms. The Balaban J connectivity index is 3.05. The third kappa shape index (κ3) is 3.34. The van der Waals surface area contributed by atoms with Crippen LogP contribution >= 0.6 is 11.6 Å². The van der Waals surface area contributed by atoms with Crippen LogP contribution in [0.1, 0.15) is 20.3 Å². The molecule has 0 saturated heterocycles. The maximum absolute atomic E-state index is 12.2. The van der Waals surface area contributed by atoms with Gasteiger partial charge in [-0.05, 0) is 12.0 Å². The van der Waals surface area contributed by atoms with Crippen LogP contribution in [0, 0.1) is 5.92 Å². The topological polar surface area (TPSA) is 70.2 Å². The molecule has 0 aliphatic rings. The van der Waals surface area contributed by atoms with Crippen LogP contribution < -0.4 is 5.56 Å². The lowest BCUT2D eigenvalue weighted by Crippen LogP contribution is -2.31. The lowest BCUT2D eigenvalue weighted by molar-refractivity contribution is 0.393. The summed E-state index contributed by atoms with van der Waals surface area (Å²) in [6, 6.07) is 1.17. The predicted molar refractivity (Wildman–Crippen MR) is 71.3 cm³/mol. The van der Waals surface area contributed by atoms with Crippen LogP contribution in [0.5, 0.6) is 0 Å². The van der Waals surface area contributed by atoms with Gasteiger partial charge in [0.1, 0.15) is 5.02 Å². The number of hydrogen-bond donors (Lipinski definition) is 1. The molecule has 18 heavy (non-hydrogen) atoms. The van der Waals surface area contributed by atoms with E-state index in [9.17, 15) is 13.2 Å². The number of aromatic nitrogens is 1. The highest BCUT2D eigenvalue weighted by molar-refractivity contribution is 7.89. The fourth-order valence-electron chi connectivity index (χ4n) is 1.43. The highest BCUT2D eigenvalue weighted by atomic mass is 35.5. The summed E-state index contributed by atoms with van der Waals surface area (Å²) >= 11 is 5.63. The average Bonchev–Trinajstić information content (AvgIpc) is 2.32. The molecule has 102 valence electrons. The molecule has 1 heterocycles. The van der Waals surface area contributed by atoms with Crippen LogP contribution in [-0.2, 0) is 10.0 Å². The van der Waals surface area contributed by atoms with Gasteiger partial charge in [-0.15, -0.1) is 0 Å². The maximum Gasteiger partial charge on any atom is 0.266 e. The number of nitrogens with zero attached hydrogens (tertiary/aromatic N) is 1. The Hall–Kier alpha value is -0.850. The average molecular weight is 293 g/mol. The lowest BCUT2D eigenvalue weighted by Gasteiger charge is -2.20. The van der Waals surface area contributed by atoms with Crippen molar-refractivity contribution in [2.75, 3.05) is 13.6 Å². The molecule has 1 aromatic rings. The number of sulfonamides is 1. The summed E-state index contributed by atoms with van der Waals surface area (Å²) in [7, 11) is -2.09. The minimum atomic E-state index is -3.60. The number of nitrogens with one attached hydrogen (secondary N) is 1. The quantitative estimate of drug-likeness (QED) is 0.898. The summed E-state index contributed by atoms with van der Waals surface area (Å²) in [6.45, 7) is 4.41. The van der Waals surface area contributed by atoms with Gasteiger partial charge in [0.05, 0.1) is 4.90 Å². The highest BCUT2D eigenvalue weighted by Gasteiger charge is 2.22. The summed E-state index contributed by atoms with van der Waals surface area (Å²) in [4.78, 5) is 13.4. The minimum absolute atomic E-state index is 0.00194. The zero-order valence-corrected chi connectivity index (χ0v) is 12.2. The summed E-state index contributed by atoms with van der Waals surface area (Å²) in [6.07, 6.45) is 2.06. The van der Waals surface area contributed by atoms with Gasteiger partial charge in [0.2, 0.25) is 10.0 Å². The standard InChI is InChI=1S/C11H17ClN2O3S/c1-4-8(2)7-14(3)18(16,17)9-5-10(12)11(15)13-6-9/h5-6,8H,4,7H2,1-3H3,(H,13,15). The van der Waals surface area contributed by atoms with Crippen molar-refractivity contribution in [3.8, 4) is 0 Å². The van der Waals surface area contributed by atoms with Gasteiger partial charge >= 0.3 is 0 Å². The fourth-order valence-corrected chi connectivity index (χ4v) is 2.95. The van der Waals surface area contributed by atoms with Gasteiger partial charge in [-0.3, -0.25) is 4.79 Å². The zero-order valence-electron chi connectivity index (χ0n) is 10.6. The van der Waals surface area contributed by atoms with Gasteiger partial charge in [0.25, 0.3) is 5.56 Å². The Morgan fingerprint density at radius 3 is 2.61 bits per heavy atom. The number of hydrogen-bond acceptors (Lipinski definition) is 3. The maximum atomic E-state index is 12.2. The van der Waals surface area contributed by atoms with E-state index >= 15 is 0 Å². The minimum Gasteiger partial charge on any atom is -0.326 e. The summed E-state index contributed by atoms with van der Waals surface area (Å²) in [5, 5.41) is -0.131. The van der Waals surface area contributed by atoms with Crippen molar-refractivity contribution in [2.45, 2.75) is 25.2 Å². The molecular formula is C11H17ClN2O3S. The lowest BCUT2D eigenvalue weighted by atomic mass is 10.1.